The van der Waals surface area contributed by atoms with Gasteiger partial charge in [-0.25, -0.2) is 8.42 Å². The second-order valence-corrected chi connectivity index (χ2v) is 8.63. The van der Waals surface area contributed by atoms with E-state index in [-0.39, 0.29) is 35.9 Å². The van der Waals surface area contributed by atoms with Crippen LogP contribution in [-0.4, -0.2) is 79.9 Å². The Morgan fingerprint density at radius 1 is 1.27 bits per heavy atom. The number of carbonyl (C=O) groups is 1. The van der Waals surface area contributed by atoms with Gasteiger partial charge >= 0.3 is 0 Å². The topological polar surface area (TPSA) is 69.7 Å². The minimum absolute atomic E-state index is 0. The van der Waals surface area contributed by atoms with Crippen LogP contribution < -0.4 is 5.32 Å². The molecule has 8 heteroatoms. The summed E-state index contributed by atoms with van der Waals surface area (Å²) in [5.41, 5.74) is 0. The van der Waals surface area contributed by atoms with Gasteiger partial charge in [-0.1, -0.05) is 0 Å². The molecule has 2 heterocycles. The molecule has 0 saturated carbocycles. The van der Waals surface area contributed by atoms with Crippen molar-refractivity contribution in [2.45, 2.75) is 45.3 Å². The molecule has 2 saturated heterocycles. The van der Waals surface area contributed by atoms with Crippen LogP contribution in [0, 0.1) is 0 Å². The summed E-state index contributed by atoms with van der Waals surface area (Å²) in [6, 6.07) is 0.622. The van der Waals surface area contributed by atoms with E-state index < -0.39 is 9.84 Å². The number of amides is 1. The van der Waals surface area contributed by atoms with Crippen molar-refractivity contribution in [3.8, 4) is 0 Å². The van der Waals surface area contributed by atoms with E-state index in [4.69, 9.17) is 0 Å². The summed E-state index contributed by atoms with van der Waals surface area (Å²) in [6.07, 6.45) is 0.580. The summed E-state index contributed by atoms with van der Waals surface area (Å²) in [5, 5.41) is 3.45. The molecular weight excluding hydrogens is 326 g/mol. The van der Waals surface area contributed by atoms with Gasteiger partial charge in [-0.15, -0.1) is 12.4 Å². The third kappa shape index (κ3) is 5.08. The van der Waals surface area contributed by atoms with Crippen molar-refractivity contribution in [2.24, 2.45) is 0 Å². The van der Waals surface area contributed by atoms with Crippen LogP contribution in [0.15, 0.2) is 0 Å². The molecule has 0 aromatic heterocycles. The molecule has 1 amide bonds. The van der Waals surface area contributed by atoms with Gasteiger partial charge in [0, 0.05) is 37.8 Å². The zero-order valence-corrected chi connectivity index (χ0v) is 15.3. The minimum atomic E-state index is -2.95. The molecule has 6 nitrogen and oxygen atoms in total. The van der Waals surface area contributed by atoms with E-state index in [1.54, 1.807) is 4.90 Å². The summed E-state index contributed by atoms with van der Waals surface area (Å²) in [6.45, 7) is 8.85. The fraction of sp³-hybridized carbons (Fsp3) is 0.929. The first-order valence-corrected chi connectivity index (χ1v) is 9.61. The van der Waals surface area contributed by atoms with Crippen LogP contribution in [0.3, 0.4) is 0 Å². The van der Waals surface area contributed by atoms with Crippen LogP contribution in [0.4, 0.5) is 0 Å². The number of halogens is 1. The number of likely N-dealkylation sites (N-methyl/N-ethyl adjacent to an activating group) is 1. The average molecular weight is 354 g/mol. The lowest BCUT2D eigenvalue weighted by molar-refractivity contribution is -0.134. The van der Waals surface area contributed by atoms with E-state index >= 15 is 0 Å². The van der Waals surface area contributed by atoms with Gasteiger partial charge in [0.05, 0.1) is 18.1 Å². The molecule has 22 heavy (non-hydrogen) atoms. The van der Waals surface area contributed by atoms with Gasteiger partial charge in [0.25, 0.3) is 0 Å². The molecule has 2 fully saturated rings. The highest BCUT2D eigenvalue weighted by Crippen LogP contribution is 2.18. The average Bonchev–Trinajstić information content (AvgIpc) is 2.69. The van der Waals surface area contributed by atoms with Crippen molar-refractivity contribution in [3.63, 3.8) is 0 Å². The summed E-state index contributed by atoms with van der Waals surface area (Å²) in [7, 11) is -2.95. The lowest BCUT2D eigenvalue weighted by atomic mass is 10.1. The van der Waals surface area contributed by atoms with Gasteiger partial charge in [-0.3, -0.25) is 9.69 Å². The standard InChI is InChI=1S/C14H27N3O3S.ClH/c1-4-17(13-5-6-21(19,20)10-13)14(18)9-16-7-11(2)15-12(3)8-16;/h11-13,15H,4-10H2,1-3H3;1H. The molecule has 2 rings (SSSR count). The molecule has 2 aliphatic heterocycles. The predicted molar refractivity (Wildman–Crippen MR) is 90.2 cm³/mol. The molecule has 130 valence electrons. The van der Waals surface area contributed by atoms with E-state index in [0.717, 1.165) is 13.1 Å². The summed E-state index contributed by atoms with van der Waals surface area (Å²) >= 11 is 0. The van der Waals surface area contributed by atoms with Crippen molar-refractivity contribution < 1.29 is 13.2 Å². The van der Waals surface area contributed by atoms with E-state index in [2.05, 4.69) is 24.1 Å². The molecule has 0 radical (unpaired) electrons. The van der Waals surface area contributed by atoms with E-state index in [9.17, 15) is 13.2 Å². The predicted octanol–water partition coefficient (Wildman–Crippen LogP) is 0.126. The molecule has 3 atom stereocenters. The van der Waals surface area contributed by atoms with Gasteiger partial charge in [0.1, 0.15) is 0 Å². The summed E-state index contributed by atoms with van der Waals surface area (Å²) < 4.78 is 23.2. The molecule has 0 aliphatic carbocycles. The second-order valence-electron chi connectivity index (χ2n) is 6.40. The van der Waals surface area contributed by atoms with Crippen LogP contribution in [0.5, 0.6) is 0 Å². The van der Waals surface area contributed by atoms with Gasteiger partial charge in [-0.05, 0) is 27.2 Å². The van der Waals surface area contributed by atoms with Crippen LogP contribution in [-0.2, 0) is 14.6 Å². The largest absolute Gasteiger partial charge is 0.338 e. The van der Waals surface area contributed by atoms with Crippen LogP contribution >= 0.6 is 12.4 Å². The zero-order chi connectivity index (χ0) is 15.6. The molecule has 0 aromatic carbocycles. The maximum absolute atomic E-state index is 12.5. The number of nitrogens with zero attached hydrogens (tertiary/aromatic N) is 2. The maximum Gasteiger partial charge on any atom is 0.237 e. The normalized spacial score (nSPS) is 31.5. The first-order chi connectivity index (χ1) is 9.80. The molecule has 2 aliphatic rings. The van der Waals surface area contributed by atoms with Crippen molar-refractivity contribution in [2.75, 3.05) is 37.7 Å². The van der Waals surface area contributed by atoms with Crippen molar-refractivity contribution in [1.82, 2.24) is 15.1 Å². The van der Waals surface area contributed by atoms with E-state index in [1.807, 2.05) is 6.92 Å². The molecule has 3 unspecified atom stereocenters. The Morgan fingerprint density at radius 3 is 2.32 bits per heavy atom. The Hall–Kier alpha value is -0.370. The fourth-order valence-electron chi connectivity index (χ4n) is 3.51. The number of nitrogens with one attached hydrogen (secondary N) is 1. The number of rotatable bonds is 4. The summed E-state index contributed by atoms with van der Waals surface area (Å²) in [4.78, 5) is 16.4. The molecule has 0 aromatic rings. The van der Waals surface area contributed by atoms with Gasteiger partial charge in [0.15, 0.2) is 9.84 Å². The van der Waals surface area contributed by atoms with Crippen LogP contribution in [0.1, 0.15) is 27.2 Å². The Bertz CT molecular complexity index is 476. The first-order valence-electron chi connectivity index (χ1n) is 7.79. The molecule has 0 spiro atoms. The monoisotopic (exact) mass is 353 g/mol. The van der Waals surface area contributed by atoms with Crippen molar-refractivity contribution in [1.29, 1.82) is 0 Å². The Labute approximate surface area is 139 Å². The zero-order valence-electron chi connectivity index (χ0n) is 13.6. The second kappa shape index (κ2) is 7.95. The highest BCUT2D eigenvalue weighted by Gasteiger charge is 2.34. The van der Waals surface area contributed by atoms with Crippen LogP contribution in [0.25, 0.3) is 0 Å². The molecular formula is C14H28ClN3O3S. The first kappa shape index (κ1) is 19.7. The third-order valence-electron chi connectivity index (χ3n) is 4.30. The summed E-state index contributed by atoms with van der Waals surface area (Å²) in [5.74, 6) is 0.394. The van der Waals surface area contributed by atoms with Gasteiger partial charge in [-0.2, -0.15) is 0 Å². The van der Waals surface area contributed by atoms with Gasteiger partial charge < -0.3 is 10.2 Å². The number of hydrogen-bond donors (Lipinski definition) is 1. The maximum atomic E-state index is 12.5. The Kier molecular flexibility index (Phi) is 7.11. The lowest BCUT2D eigenvalue weighted by Gasteiger charge is -2.37. The third-order valence-corrected chi connectivity index (χ3v) is 6.05. The fourth-order valence-corrected chi connectivity index (χ4v) is 5.24. The Morgan fingerprint density at radius 2 is 1.86 bits per heavy atom. The van der Waals surface area contributed by atoms with Gasteiger partial charge in [0.2, 0.25) is 5.91 Å². The number of hydrogen-bond acceptors (Lipinski definition) is 5. The smallest absolute Gasteiger partial charge is 0.237 e. The molecule has 0 bridgehead atoms. The van der Waals surface area contributed by atoms with E-state index in [0.29, 0.717) is 31.6 Å². The SMILES string of the molecule is CCN(C(=O)CN1CC(C)NC(C)C1)C1CCS(=O)(=O)C1.Cl. The molecule has 1 N–H and O–H groups in total. The highest BCUT2D eigenvalue weighted by molar-refractivity contribution is 7.91. The van der Waals surface area contributed by atoms with Crippen LogP contribution in [0.2, 0.25) is 0 Å². The number of sulfone groups is 1. The van der Waals surface area contributed by atoms with E-state index in [1.165, 1.54) is 0 Å². The minimum Gasteiger partial charge on any atom is -0.338 e. The quantitative estimate of drug-likeness (QED) is 0.777. The highest BCUT2D eigenvalue weighted by atomic mass is 35.5. The Balaban J connectivity index is 0.00000242. The number of piperazine rings is 1. The van der Waals surface area contributed by atoms with Crippen molar-refractivity contribution >= 4 is 28.2 Å². The van der Waals surface area contributed by atoms with Crippen molar-refractivity contribution in [3.05, 3.63) is 0 Å². The lowest BCUT2D eigenvalue weighted by Crippen LogP contribution is -2.57. The number of carbonyl (C=O) groups excluding carboxylic acids is 1.